The van der Waals surface area contributed by atoms with Crippen molar-refractivity contribution in [1.82, 2.24) is 0 Å². The molecule has 3 saturated carbocycles. The monoisotopic (exact) mass is 440 g/mol. The van der Waals surface area contributed by atoms with E-state index in [-0.39, 0.29) is 37.0 Å². The summed E-state index contributed by atoms with van der Waals surface area (Å²) >= 11 is 0. The van der Waals surface area contributed by atoms with Gasteiger partial charge in [0.15, 0.2) is 0 Å². The van der Waals surface area contributed by atoms with Crippen molar-refractivity contribution in [3.05, 3.63) is 0 Å². The van der Waals surface area contributed by atoms with Crippen LogP contribution < -0.4 is 0 Å². The molecule has 3 aliphatic carbocycles. The molecule has 9 nitrogen and oxygen atoms in total. The minimum atomic E-state index is -1.15. The van der Waals surface area contributed by atoms with E-state index >= 15 is 0 Å². The molecule has 9 heteroatoms. The lowest BCUT2D eigenvalue weighted by Gasteiger charge is -2.48. The van der Waals surface area contributed by atoms with Crippen LogP contribution in [-0.2, 0) is 19.2 Å². The van der Waals surface area contributed by atoms with Gasteiger partial charge in [-0.25, -0.2) is 0 Å². The molecule has 8 atom stereocenters. The van der Waals surface area contributed by atoms with E-state index in [9.17, 15) is 44.7 Å². The molecule has 0 saturated heterocycles. The van der Waals surface area contributed by atoms with Gasteiger partial charge in [-0.2, -0.15) is 0 Å². The van der Waals surface area contributed by atoms with Gasteiger partial charge in [-0.15, -0.1) is 0 Å². The van der Waals surface area contributed by atoms with Gasteiger partial charge in [0.05, 0.1) is 29.3 Å². The van der Waals surface area contributed by atoms with Gasteiger partial charge in [0.25, 0.3) is 0 Å². The average molecular weight is 440 g/mol. The van der Waals surface area contributed by atoms with Crippen LogP contribution in [0.4, 0.5) is 0 Å². The molecule has 0 aromatic heterocycles. The molecule has 0 spiro atoms. The van der Waals surface area contributed by atoms with Crippen LogP contribution in [0.1, 0.15) is 64.2 Å². The van der Waals surface area contributed by atoms with Gasteiger partial charge in [-0.3, -0.25) is 19.2 Å². The summed E-state index contributed by atoms with van der Waals surface area (Å²) in [7, 11) is 0. The fourth-order valence-electron chi connectivity index (χ4n) is 6.53. The zero-order chi connectivity index (χ0) is 22.9. The van der Waals surface area contributed by atoms with Crippen molar-refractivity contribution < 1.29 is 44.7 Å². The van der Waals surface area contributed by atoms with Crippen LogP contribution in [-0.4, -0.2) is 55.0 Å². The molecular formula is C22H32O9. The first-order chi connectivity index (χ1) is 14.5. The third kappa shape index (κ3) is 4.86. The molecule has 5 N–H and O–H groups in total. The maximum absolute atomic E-state index is 11.7. The first-order valence-electron chi connectivity index (χ1n) is 11.2. The zero-order valence-corrected chi connectivity index (χ0v) is 17.5. The van der Waals surface area contributed by atoms with E-state index in [4.69, 9.17) is 0 Å². The summed E-state index contributed by atoms with van der Waals surface area (Å²) in [6, 6.07) is 0. The lowest BCUT2D eigenvalue weighted by Crippen LogP contribution is -2.49. The highest BCUT2D eigenvalue weighted by Gasteiger charge is 2.50. The molecule has 31 heavy (non-hydrogen) atoms. The third-order valence-electron chi connectivity index (χ3n) is 8.24. The zero-order valence-electron chi connectivity index (χ0n) is 17.5. The average Bonchev–Trinajstić information content (AvgIpc) is 2.72. The highest BCUT2D eigenvalue weighted by molar-refractivity contribution is 5.80. The molecule has 0 bridgehead atoms. The Labute approximate surface area is 180 Å². The second kappa shape index (κ2) is 9.14. The molecule has 0 radical (unpaired) electrons. The number of aliphatic hydroxyl groups is 1. The van der Waals surface area contributed by atoms with E-state index in [0.717, 1.165) is 12.8 Å². The van der Waals surface area contributed by atoms with Crippen molar-refractivity contribution in [3.8, 4) is 0 Å². The van der Waals surface area contributed by atoms with Crippen molar-refractivity contribution in [3.63, 3.8) is 0 Å². The smallest absolute Gasteiger partial charge is 0.307 e. The maximum atomic E-state index is 11.7. The lowest BCUT2D eigenvalue weighted by atomic mass is 9.59. The highest BCUT2D eigenvalue weighted by atomic mass is 16.4. The van der Waals surface area contributed by atoms with Crippen LogP contribution in [0.25, 0.3) is 0 Å². The Morgan fingerprint density at radius 1 is 0.613 bits per heavy atom. The van der Waals surface area contributed by atoms with Gasteiger partial charge in [0, 0.05) is 0 Å². The summed E-state index contributed by atoms with van der Waals surface area (Å²) in [6.07, 6.45) is 4.47. The normalized spacial score (nSPS) is 41.3. The minimum Gasteiger partial charge on any atom is -0.481 e. The molecule has 8 unspecified atom stereocenters. The first-order valence-corrected chi connectivity index (χ1v) is 11.2. The molecule has 0 aliphatic heterocycles. The molecule has 0 aromatic rings. The summed E-state index contributed by atoms with van der Waals surface area (Å²) in [5, 5.41) is 49.2. The van der Waals surface area contributed by atoms with Gasteiger partial charge >= 0.3 is 23.9 Å². The van der Waals surface area contributed by atoms with Crippen LogP contribution in [0.3, 0.4) is 0 Å². The first kappa shape index (κ1) is 23.5. The van der Waals surface area contributed by atoms with E-state index in [0.29, 0.717) is 32.1 Å². The Kier molecular flexibility index (Phi) is 6.93. The van der Waals surface area contributed by atoms with E-state index in [1.54, 1.807) is 0 Å². The van der Waals surface area contributed by atoms with Crippen molar-refractivity contribution in [2.45, 2.75) is 69.8 Å². The van der Waals surface area contributed by atoms with Gasteiger partial charge < -0.3 is 25.5 Å². The van der Waals surface area contributed by atoms with Crippen molar-refractivity contribution >= 4 is 23.9 Å². The SMILES string of the molecule is O=C(O)C1CCC(C2CCCC(O)(C3CCC(C(=O)O)C(C(=O)O)C3)C2)CC1C(=O)O. The second-order valence-electron chi connectivity index (χ2n) is 9.82. The van der Waals surface area contributed by atoms with Gasteiger partial charge in [0.2, 0.25) is 0 Å². The highest BCUT2D eigenvalue weighted by Crippen LogP contribution is 2.50. The molecule has 0 amide bonds. The van der Waals surface area contributed by atoms with Gasteiger partial charge in [-0.05, 0) is 75.5 Å². The third-order valence-corrected chi connectivity index (χ3v) is 8.24. The molecular weight excluding hydrogens is 408 g/mol. The Hall–Kier alpha value is -2.16. The van der Waals surface area contributed by atoms with Crippen LogP contribution in [0.5, 0.6) is 0 Å². The predicted molar refractivity (Wildman–Crippen MR) is 106 cm³/mol. The number of carboxylic acid groups (broad SMARTS) is 4. The molecule has 3 rings (SSSR count). The van der Waals surface area contributed by atoms with Gasteiger partial charge in [-0.1, -0.05) is 6.42 Å². The predicted octanol–water partition coefficient (Wildman–Crippen LogP) is 2.31. The Morgan fingerprint density at radius 3 is 1.68 bits per heavy atom. The Balaban J connectivity index is 1.71. The molecule has 0 heterocycles. The van der Waals surface area contributed by atoms with E-state index in [2.05, 4.69) is 0 Å². The summed E-state index contributed by atoms with van der Waals surface area (Å²) in [5.41, 5.74) is -1.09. The molecule has 0 aromatic carbocycles. The van der Waals surface area contributed by atoms with Crippen LogP contribution in [0.2, 0.25) is 0 Å². The lowest BCUT2D eigenvalue weighted by molar-refractivity contribution is -0.162. The van der Waals surface area contributed by atoms with E-state index < -0.39 is 53.1 Å². The molecule has 3 fully saturated rings. The van der Waals surface area contributed by atoms with Crippen LogP contribution in [0.15, 0.2) is 0 Å². The van der Waals surface area contributed by atoms with Crippen molar-refractivity contribution in [2.75, 3.05) is 0 Å². The van der Waals surface area contributed by atoms with Crippen LogP contribution >= 0.6 is 0 Å². The largest absolute Gasteiger partial charge is 0.481 e. The Morgan fingerprint density at radius 2 is 1.13 bits per heavy atom. The minimum absolute atomic E-state index is 0.00848. The summed E-state index contributed by atoms with van der Waals surface area (Å²) in [5.74, 6) is -8.49. The number of hydrogen-bond acceptors (Lipinski definition) is 5. The summed E-state index contributed by atoms with van der Waals surface area (Å²) in [6.45, 7) is 0. The fraction of sp³-hybridized carbons (Fsp3) is 0.818. The number of carboxylic acids is 4. The Bertz CT molecular complexity index is 734. The summed E-state index contributed by atoms with van der Waals surface area (Å²) < 4.78 is 0. The topological polar surface area (TPSA) is 169 Å². The number of carbonyl (C=O) groups is 4. The second-order valence-corrected chi connectivity index (χ2v) is 9.82. The van der Waals surface area contributed by atoms with Crippen LogP contribution in [0, 0.1) is 41.4 Å². The number of aliphatic carboxylic acids is 4. The molecule has 3 aliphatic rings. The van der Waals surface area contributed by atoms with E-state index in [1.807, 2.05) is 0 Å². The van der Waals surface area contributed by atoms with Crippen molar-refractivity contribution in [1.29, 1.82) is 0 Å². The van der Waals surface area contributed by atoms with Crippen molar-refractivity contribution in [2.24, 2.45) is 41.4 Å². The maximum Gasteiger partial charge on any atom is 0.307 e. The van der Waals surface area contributed by atoms with E-state index in [1.165, 1.54) is 0 Å². The molecule has 174 valence electrons. The summed E-state index contributed by atoms with van der Waals surface area (Å²) in [4.78, 5) is 46.2. The fourth-order valence-corrected chi connectivity index (χ4v) is 6.53. The standard InChI is InChI=1S/C22H32O9/c23-18(24)14-5-3-11(8-16(14)20(27)28)12-2-1-7-22(31,10-12)13-4-6-15(19(25)26)17(9-13)21(29)30/h11-17,31H,1-10H2,(H,23,24)(H,25,26)(H,27,28)(H,29,30). The van der Waals surface area contributed by atoms with Gasteiger partial charge in [0.1, 0.15) is 0 Å². The number of rotatable bonds is 6. The number of hydrogen-bond donors (Lipinski definition) is 5. The quantitative estimate of drug-likeness (QED) is 0.416.